The van der Waals surface area contributed by atoms with E-state index in [0.717, 1.165) is 25.1 Å². The maximum Gasteiger partial charge on any atom is 0.323 e. The number of aryl methyl sites for hydroxylation is 1. The molecule has 1 aliphatic heterocycles. The Morgan fingerprint density at radius 1 is 1.53 bits per heavy atom. The molecule has 2 heterocycles. The SMILES string of the molecule is Cc1ccc(NC(=O)N2CCCC(C)C2)nc1. The van der Waals surface area contributed by atoms with Crippen LogP contribution in [-0.2, 0) is 0 Å². The van der Waals surface area contributed by atoms with Gasteiger partial charge in [0, 0.05) is 19.3 Å². The fourth-order valence-electron chi connectivity index (χ4n) is 2.10. The van der Waals surface area contributed by atoms with E-state index >= 15 is 0 Å². The minimum Gasteiger partial charge on any atom is -0.324 e. The second-order valence-corrected chi connectivity index (χ2v) is 4.84. The second kappa shape index (κ2) is 5.17. The van der Waals surface area contributed by atoms with Crippen LogP contribution in [0.1, 0.15) is 25.3 Å². The fourth-order valence-corrected chi connectivity index (χ4v) is 2.10. The highest BCUT2D eigenvalue weighted by Gasteiger charge is 2.20. The van der Waals surface area contributed by atoms with E-state index in [1.165, 1.54) is 6.42 Å². The summed E-state index contributed by atoms with van der Waals surface area (Å²) in [4.78, 5) is 18.0. The van der Waals surface area contributed by atoms with Gasteiger partial charge in [0.25, 0.3) is 0 Å². The lowest BCUT2D eigenvalue weighted by Crippen LogP contribution is -2.41. The molecule has 0 aliphatic carbocycles. The van der Waals surface area contributed by atoms with Crippen molar-refractivity contribution in [2.75, 3.05) is 18.4 Å². The number of urea groups is 1. The first-order chi connectivity index (χ1) is 8.15. The molecular weight excluding hydrogens is 214 g/mol. The van der Waals surface area contributed by atoms with Crippen LogP contribution in [-0.4, -0.2) is 29.0 Å². The third kappa shape index (κ3) is 3.19. The van der Waals surface area contributed by atoms with Crippen molar-refractivity contribution < 1.29 is 4.79 Å². The average Bonchev–Trinajstić information content (AvgIpc) is 2.32. The highest BCUT2D eigenvalue weighted by Crippen LogP contribution is 2.16. The maximum atomic E-state index is 12.0. The van der Waals surface area contributed by atoms with Crippen LogP contribution in [0.5, 0.6) is 0 Å². The summed E-state index contributed by atoms with van der Waals surface area (Å²) in [6.45, 7) is 5.86. The van der Waals surface area contributed by atoms with Crippen molar-refractivity contribution >= 4 is 11.8 Å². The van der Waals surface area contributed by atoms with E-state index in [2.05, 4.69) is 17.2 Å². The molecular formula is C13H19N3O. The molecule has 4 nitrogen and oxygen atoms in total. The zero-order chi connectivity index (χ0) is 12.3. The summed E-state index contributed by atoms with van der Waals surface area (Å²) in [6, 6.07) is 3.75. The number of anilines is 1. The van der Waals surface area contributed by atoms with E-state index in [1.54, 1.807) is 6.20 Å². The first-order valence-electron chi connectivity index (χ1n) is 6.14. The fraction of sp³-hybridized carbons (Fsp3) is 0.538. The van der Waals surface area contributed by atoms with Crippen LogP contribution < -0.4 is 5.32 Å². The average molecular weight is 233 g/mol. The zero-order valence-corrected chi connectivity index (χ0v) is 10.4. The van der Waals surface area contributed by atoms with Crippen molar-refractivity contribution in [3.63, 3.8) is 0 Å². The highest BCUT2D eigenvalue weighted by molar-refractivity contribution is 5.88. The molecule has 1 N–H and O–H groups in total. The summed E-state index contributed by atoms with van der Waals surface area (Å²) in [5.74, 6) is 1.22. The number of amides is 2. The topological polar surface area (TPSA) is 45.2 Å². The van der Waals surface area contributed by atoms with Gasteiger partial charge in [-0.3, -0.25) is 5.32 Å². The standard InChI is InChI=1S/C13H19N3O/c1-10-5-6-12(14-8-10)15-13(17)16-7-3-4-11(2)9-16/h5-6,8,11H,3-4,7,9H2,1-2H3,(H,14,15,17). The molecule has 0 aromatic carbocycles. The van der Waals surface area contributed by atoms with Crippen LogP contribution in [0.4, 0.5) is 10.6 Å². The lowest BCUT2D eigenvalue weighted by Gasteiger charge is -2.30. The van der Waals surface area contributed by atoms with Gasteiger partial charge in [0.2, 0.25) is 0 Å². The van der Waals surface area contributed by atoms with Gasteiger partial charge in [-0.25, -0.2) is 9.78 Å². The van der Waals surface area contributed by atoms with Gasteiger partial charge in [-0.2, -0.15) is 0 Å². The van der Waals surface area contributed by atoms with Crippen LogP contribution in [0.3, 0.4) is 0 Å². The molecule has 0 bridgehead atoms. The summed E-state index contributed by atoms with van der Waals surface area (Å²) in [7, 11) is 0. The number of hydrogen-bond donors (Lipinski definition) is 1. The molecule has 17 heavy (non-hydrogen) atoms. The number of carbonyl (C=O) groups is 1. The molecule has 4 heteroatoms. The lowest BCUT2D eigenvalue weighted by atomic mass is 10.0. The third-order valence-electron chi connectivity index (χ3n) is 3.09. The van der Waals surface area contributed by atoms with Crippen molar-refractivity contribution in [3.8, 4) is 0 Å². The number of rotatable bonds is 1. The van der Waals surface area contributed by atoms with Gasteiger partial charge in [-0.1, -0.05) is 13.0 Å². The summed E-state index contributed by atoms with van der Waals surface area (Å²) < 4.78 is 0. The van der Waals surface area contributed by atoms with Crippen LogP contribution in [0.25, 0.3) is 0 Å². The number of likely N-dealkylation sites (tertiary alicyclic amines) is 1. The van der Waals surface area contributed by atoms with Crippen molar-refractivity contribution in [2.24, 2.45) is 5.92 Å². The van der Waals surface area contributed by atoms with E-state index < -0.39 is 0 Å². The lowest BCUT2D eigenvalue weighted by molar-refractivity contribution is 0.182. The van der Waals surface area contributed by atoms with Gasteiger partial charge in [-0.15, -0.1) is 0 Å². The number of aromatic nitrogens is 1. The normalized spacial score (nSPS) is 20.1. The second-order valence-electron chi connectivity index (χ2n) is 4.84. The first kappa shape index (κ1) is 11.9. The molecule has 92 valence electrons. The van der Waals surface area contributed by atoms with Gasteiger partial charge >= 0.3 is 6.03 Å². The van der Waals surface area contributed by atoms with Crippen LogP contribution in [0, 0.1) is 12.8 Å². The van der Waals surface area contributed by atoms with E-state index in [4.69, 9.17) is 0 Å². The number of nitrogens with zero attached hydrogens (tertiary/aromatic N) is 2. The Morgan fingerprint density at radius 2 is 2.35 bits per heavy atom. The maximum absolute atomic E-state index is 12.0. The Kier molecular flexibility index (Phi) is 3.61. The smallest absolute Gasteiger partial charge is 0.323 e. The van der Waals surface area contributed by atoms with E-state index in [-0.39, 0.29) is 6.03 Å². The van der Waals surface area contributed by atoms with Crippen LogP contribution >= 0.6 is 0 Å². The molecule has 0 spiro atoms. The molecule has 1 fully saturated rings. The molecule has 0 radical (unpaired) electrons. The Labute approximate surface area is 102 Å². The zero-order valence-electron chi connectivity index (χ0n) is 10.4. The van der Waals surface area contributed by atoms with E-state index in [0.29, 0.717) is 11.7 Å². The highest BCUT2D eigenvalue weighted by atomic mass is 16.2. The van der Waals surface area contributed by atoms with Gasteiger partial charge in [0.1, 0.15) is 5.82 Å². The Balaban J connectivity index is 1.94. The van der Waals surface area contributed by atoms with Gasteiger partial charge in [0.05, 0.1) is 0 Å². The Morgan fingerprint density at radius 3 is 3.00 bits per heavy atom. The molecule has 1 aromatic heterocycles. The molecule has 2 amide bonds. The van der Waals surface area contributed by atoms with Crippen molar-refractivity contribution in [1.29, 1.82) is 0 Å². The van der Waals surface area contributed by atoms with Gasteiger partial charge in [0.15, 0.2) is 0 Å². The number of piperidine rings is 1. The van der Waals surface area contributed by atoms with Crippen LogP contribution in [0.15, 0.2) is 18.3 Å². The summed E-state index contributed by atoms with van der Waals surface area (Å²) in [5, 5.41) is 2.84. The summed E-state index contributed by atoms with van der Waals surface area (Å²) in [5.41, 5.74) is 1.09. The quantitative estimate of drug-likeness (QED) is 0.810. The number of hydrogen-bond acceptors (Lipinski definition) is 2. The predicted molar refractivity (Wildman–Crippen MR) is 68.0 cm³/mol. The predicted octanol–water partition coefficient (Wildman–Crippen LogP) is 2.65. The van der Waals surface area contributed by atoms with Gasteiger partial charge in [-0.05, 0) is 37.3 Å². The van der Waals surface area contributed by atoms with Crippen LogP contribution in [0.2, 0.25) is 0 Å². The minimum absolute atomic E-state index is 0.0343. The molecule has 2 rings (SSSR count). The van der Waals surface area contributed by atoms with Crippen molar-refractivity contribution in [2.45, 2.75) is 26.7 Å². The van der Waals surface area contributed by atoms with E-state index in [1.807, 2.05) is 24.0 Å². The monoisotopic (exact) mass is 233 g/mol. The Hall–Kier alpha value is -1.58. The first-order valence-corrected chi connectivity index (χ1v) is 6.14. The molecule has 0 saturated carbocycles. The number of carbonyl (C=O) groups excluding carboxylic acids is 1. The number of pyridine rings is 1. The van der Waals surface area contributed by atoms with E-state index in [9.17, 15) is 4.79 Å². The largest absolute Gasteiger partial charge is 0.324 e. The Bertz CT molecular complexity index is 388. The van der Waals surface area contributed by atoms with Gasteiger partial charge < -0.3 is 4.90 Å². The molecule has 1 atom stereocenters. The number of nitrogens with one attached hydrogen (secondary N) is 1. The van der Waals surface area contributed by atoms with Crippen molar-refractivity contribution in [1.82, 2.24) is 9.88 Å². The molecule has 1 aromatic rings. The third-order valence-corrected chi connectivity index (χ3v) is 3.09. The minimum atomic E-state index is -0.0343. The molecule has 1 unspecified atom stereocenters. The summed E-state index contributed by atoms with van der Waals surface area (Å²) in [6.07, 6.45) is 4.07. The summed E-state index contributed by atoms with van der Waals surface area (Å²) >= 11 is 0. The van der Waals surface area contributed by atoms with Crippen molar-refractivity contribution in [3.05, 3.63) is 23.9 Å². The molecule has 1 aliphatic rings. The molecule has 1 saturated heterocycles.